The summed E-state index contributed by atoms with van der Waals surface area (Å²) in [7, 11) is 0. The molecule has 0 aliphatic rings. The first-order chi connectivity index (χ1) is 16.3. The molecule has 0 bridgehead atoms. The Morgan fingerprint density at radius 2 is 1.85 bits per heavy atom. The van der Waals surface area contributed by atoms with Gasteiger partial charge in [-0.1, -0.05) is 35.3 Å². The van der Waals surface area contributed by atoms with Crippen molar-refractivity contribution < 1.29 is 9.18 Å². The fourth-order valence-corrected chi connectivity index (χ4v) is 4.09. The summed E-state index contributed by atoms with van der Waals surface area (Å²) in [6.07, 6.45) is 5.46. The van der Waals surface area contributed by atoms with E-state index in [9.17, 15) is 14.0 Å². The van der Waals surface area contributed by atoms with Crippen molar-refractivity contribution in [2.75, 3.05) is 0 Å². The Kier molecular flexibility index (Phi) is 7.10. The standard InChI is InChI=1S/C26H20Cl2FN3O2/c1-16(20-14-18(27)7-9-22(20)29)25-23(15-19(33)8-6-17-10-12-30-13-11-17)31-32(26(25)34)24-5-3-2-4-21(24)28/h2-5,7,9-15,31H,6,8H2,1H3. The second-order valence-electron chi connectivity index (χ2n) is 7.71. The van der Waals surface area contributed by atoms with E-state index in [1.807, 2.05) is 12.1 Å². The van der Waals surface area contributed by atoms with E-state index in [0.29, 0.717) is 27.7 Å². The molecule has 1 N–H and O–H groups in total. The molecule has 2 heterocycles. The van der Waals surface area contributed by atoms with Crippen LogP contribution >= 0.6 is 23.2 Å². The molecule has 4 aromatic rings. The van der Waals surface area contributed by atoms with Gasteiger partial charge in [0.25, 0.3) is 5.56 Å². The van der Waals surface area contributed by atoms with Crippen molar-refractivity contribution in [3.05, 3.63) is 115 Å². The van der Waals surface area contributed by atoms with Gasteiger partial charge in [-0.05, 0) is 66.9 Å². The SMILES string of the molecule is CC(c1cc(Cl)ccc1F)=c1c(=CC(=O)CCc2ccncc2)[nH]n(-c2ccccc2Cl)c1=O. The van der Waals surface area contributed by atoms with E-state index >= 15 is 0 Å². The van der Waals surface area contributed by atoms with Crippen molar-refractivity contribution in [2.24, 2.45) is 0 Å². The average molecular weight is 496 g/mol. The summed E-state index contributed by atoms with van der Waals surface area (Å²) in [5.41, 5.74) is 1.45. The zero-order valence-corrected chi connectivity index (χ0v) is 19.7. The quantitative estimate of drug-likeness (QED) is 0.435. The predicted octanol–water partition coefficient (Wildman–Crippen LogP) is 4.21. The lowest BCUT2D eigenvalue weighted by molar-refractivity contribution is -0.113. The van der Waals surface area contributed by atoms with Gasteiger partial charge >= 0.3 is 0 Å². The van der Waals surface area contributed by atoms with Crippen molar-refractivity contribution in [3.63, 3.8) is 0 Å². The van der Waals surface area contributed by atoms with Gasteiger partial charge in [-0.15, -0.1) is 0 Å². The number of pyridine rings is 1. The molecule has 0 saturated heterocycles. The molecule has 0 aliphatic heterocycles. The summed E-state index contributed by atoms with van der Waals surface area (Å²) in [6.45, 7) is 1.62. The van der Waals surface area contributed by atoms with E-state index in [1.54, 1.807) is 43.6 Å². The molecule has 8 heteroatoms. The number of para-hydroxylation sites is 1. The monoisotopic (exact) mass is 495 g/mol. The Balaban J connectivity index is 1.90. The van der Waals surface area contributed by atoms with Crippen LogP contribution < -0.4 is 16.1 Å². The third kappa shape index (κ3) is 5.03. The highest BCUT2D eigenvalue weighted by Gasteiger charge is 2.14. The van der Waals surface area contributed by atoms with Crippen LogP contribution in [0.4, 0.5) is 4.39 Å². The first-order valence-electron chi connectivity index (χ1n) is 10.5. The van der Waals surface area contributed by atoms with Crippen LogP contribution in [0.5, 0.6) is 0 Å². The summed E-state index contributed by atoms with van der Waals surface area (Å²) in [6, 6.07) is 14.6. The number of halogens is 3. The number of nitrogens with zero attached hydrogens (tertiary/aromatic N) is 2. The molecule has 0 saturated carbocycles. The Labute approximate surface area is 204 Å². The molecule has 0 unspecified atom stereocenters. The number of aromatic nitrogens is 3. The number of hydrogen-bond acceptors (Lipinski definition) is 3. The van der Waals surface area contributed by atoms with Gasteiger partial charge in [0.05, 0.1) is 21.3 Å². The first-order valence-corrected chi connectivity index (χ1v) is 11.3. The number of carbonyl (C=O) groups excluding carboxylic acids is 1. The molecule has 0 amide bonds. The van der Waals surface area contributed by atoms with Crippen molar-refractivity contribution in [2.45, 2.75) is 19.8 Å². The minimum atomic E-state index is -0.526. The number of aryl methyl sites for hydroxylation is 1. The van der Waals surface area contributed by atoms with Crippen LogP contribution in [-0.2, 0) is 11.2 Å². The van der Waals surface area contributed by atoms with Crippen molar-refractivity contribution >= 4 is 40.6 Å². The maximum absolute atomic E-state index is 14.6. The van der Waals surface area contributed by atoms with Gasteiger partial charge in [0, 0.05) is 35.5 Å². The van der Waals surface area contributed by atoms with Gasteiger partial charge in [-0.25, -0.2) is 9.07 Å². The number of nitrogens with one attached hydrogen (secondary N) is 1. The second kappa shape index (κ2) is 10.2. The highest BCUT2D eigenvalue weighted by molar-refractivity contribution is 6.32. The lowest BCUT2D eigenvalue weighted by atomic mass is 10.0. The van der Waals surface area contributed by atoms with Crippen LogP contribution in [-0.4, -0.2) is 20.5 Å². The van der Waals surface area contributed by atoms with E-state index < -0.39 is 11.4 Å². The molecule has 0 aliphatic carbocycles. The number of benzene rings is 2. The van der Waals surface area contributed by atoms with E-state index in [0.717, 1.165) is 5.56 Å². The van der Waals surface area contributed by atoms with Gasteiger partial charge in [-0.2, -0.15) is 0 Å². The van der Waals surface area contributed by atoms with Gasteiger partial charge in [-0.3, -0.25) is 19.7 Å². The summed E-state index contributed by atoms with van der Waals surface area (Å²) < 4.78 is 15.9. The predicted molar refractivity (Wildman–Crippen MR) is 132 cm³/mol. The van der Waals surface area contributed by atoms with Gasteiger partial charge in [0.15, 0.2) is 5.78 Å². The van der Waals surface area contributed by atoms with E-state index in [4.69, 9.17) is 23.2 Å². The number of carbonyl (C=O) groups is 1. The zero-order valence-electron chi connectivity index (χ0n) is 18.2. The molecular formula is C26H20Cl2FN3O2. The lowest BCUT2D eigenvalue weighted by Crippen LogP contribution is -2.37. The first kappa shape index (κ1) is 23.7. The van der Waals surface area contributed by atoms with Crippen LogP contribution in [0.25, 0.3) is 17.3 Å². The maximum atomic E-state index is 14.6. The fraction of sp³-hybridized carbons (Fsp3) is 0.115. The van der Waals surface area contributed by atoms with Gasteiger partial charge in [0.1, 0.15) is 5.82 Å². The highest BCUT2D eigenvalue weighted by atomic mass is 35.5. The summed E-state index contributed by atoms with van der Waals surface area (Å²) in [5, 5.41) is 4.09. The number of ketones is 1. The van der Waals surface area contributed by atoms with Crippen molar-refractivity contribution in [1.82, 2.24) is 14.8 Å². The maximum Gasteiger partial charge on any atom is 0.279 e. The largest absolute Gasteiger partial charge is 0.295 e. The number of H-pyrrole nitrogens is 1. The van der Waals surface area contributed by atoms with Gasteiger partial charge in [0.2, 0.25) is 0 Å². The Bertz CT molecular complexity index is 1540. The lowest BCUT2D eigenvalue weighted by Gasteiger charge is -2.04. The second-order valence-corrected chi connectivity index (χ2v) is 8.55. The highest BCUT2D eigenvalue weighted by Crippen LogP contribution is 2.20. The molecule has 5 nitrogen and oxygen atoms in total. The third-order valence-corrected chi connectivity index (χ3v) is 5.99. The molecule has 2 aromatic carbocycles. The Morgan fingerprint density at radius 1 is 1.12 bits per heavy atom. The normalized spacial score (nSPS) is 12.6. The molecular weight excluding hydrogens is 476 g/mol. The topological polar surface area (TPSA) is 67.8 Å². The molecule has 0 radical (unpaired) electrons. The smallest absolute Gasteiger partial charge is 0.279 e. The van der Waals surface area contributed by atoms with Crippen molar-refractivity contribution in [1.29, 1.82) is 0 Å². The van der Waals surface area contributed by atoms with E-state index in [2.05, 4.69) is 10.1 Å². The number of rotatable bonds is 6. The van der Waals surface area contributed by atoms with Gasteiger partial charge < -0.3 is 0 Å². The molecule has 2 aromatic heterocycles. The number of aromatic amines is 1. The van der Waals surface area contributed by atoms with Crippen LogP contribution in [0.3, 0.4) is 0 Å². The summed E-state index contributed by atoms with van der Waals surface area (Å²) in [4.78, 5) is 30.3. The van der Waals surface area contributed by atoms with Crippen LogP contribution in [0.2, 0.25) is 10.0 Å². The van der Waals surface area contributed by atoms with E-state index in [-0.39, 0.29) is 28.3 Å². The molecule has 172 valence electrons. The molecule has 0 spiro atoms. The molecule has 0 fully saturated rings. The zero-order chi connectivity index (χ0) is 24.2. The van der Waals surface area contributed by atoms with Crippen LogP contribution in [0.15, 0.2) is 71.8 Å². The van der Waals surface area contributed by atoms with E-state index in [1.165, 1.54) is 29.0 Å². The van der Waals surface area contributed by atoms with Crippen molar-refractivity contribution in [3.8, 4) is 5.69 Å². The number of hydrogen-bond donors (Lipinski definition) is 1. The Hall–Kier alpha value is -3.48. The Morgan fingerprint density at radius 3 is 2.59 bits per heavy atom. The molecule has 4 rings (SSSR count). The minimum absolute atomic E-state index is 0.165. The molecule has 0 atom stereocenters. The summed E-state index contributed by atoms with van der Waals surface area (Å²) in [5.74, 6) is -0.716. The van der Waals surface area contributed by atoms with Crippen LogP contribution in [0, 0.1) is 5.82 Å². The van der Waals surface area contributed by atoms with Crippen LogP contribution in [0.1, 0.15) is 24.5 Å². The summed E-state index contributed by atoms with van der Waals surface area (Å²) >= 11 is 12.4. The molecule has 34 heavy (non-hydrogen) atoms. The fourth-order valence-electron chi connectivity index (χ4n) is 3.69. The average Bonchev–Trinajstić information content (AvgIpc) is 3.15. The minimum Gasteiger partial charge on any atom is -0.295 e. The number of Topliss-reactive ketones (excluding diaryl/α,β-unsaturated/α-hetero) is 1. The third-order valence-electron chi connectivity index (χ3n) is 5.43.